The Morgan fingerprint density at radius 3 is 2.43 bits per heavy atom. The number of benzene rings is 1. The van der Waals surface area contributed by atoms with E-state index >= 15 is 0 Å². The molecule has 1 atom stereocenters. The molecule has 2 N–H and O–H groups in total. The molecule has 126 valence electrons. The monoisotopic (exact) mass is 320 g/mol. The highest BCUT2D eigenvalue weighted by atomic mass is 16.6. The number of nitro benzene ring substituents is 1. The first kappa shape index (κ1) is 17.2. The number of nitrogens with zero attached hydrogens (tertiary/aromatic N) is 3. The molecule has 0 spiro atoms. The number of hydrogen-bond acceptors (Lipinski definition) is 5. The molecule has 0 aliphatic carbocycles. The number of nitrogens with two attached hydrogens (primary N) is 1. The SMILES string of the molecule is CC(C)C[C@H](N)C(=O)N1CCN(c2ccccc2[N+](=O)[O-])CC1. The second-order valence-corrected chi connectivity index (χ2v) is 6.29. The molecule has 1 fully saturated rings. The molecular weight excluding hydrogens is 296 g/mol. The molecule has 0 aromatic heterocycles. The van der Waals surface area contributed by atoms with Crippen molar-refractivity contribution in [1.29, 1.82) is 0 Å². The van der Waals surface area contributed by atoms with Gasteiger partial charge >= 0.3 is 0 Å². The molecule has 1 aromatic rings. The van der Waals surface area contributed by atoms with Gasteiger partial charge in [-0.3, -0.25) is 14.9 Å². The summed E-state index contributed by atoms with van der Waals surface area (Å²) in [6.45, 7) is 6.31. The van der Waals surface area contributed by atoms with Gasteiger partial charge in [-0.2, -0.15) is 0 Å². The molecule has 1 amide bonds. The lowest BCUT2D eigenvalue weighted by atomic mass is 10.0. The van der Waals surface area contributed by atoms with Crippen molar-refractivity contribution in [2.45, 2.75) is 26.3 Å². The topological polar surface area (TPSA) is 92.7 Å². The van der Waals surface area contributed by atoms with Crippen LogP contribution in [0.25, 0.3) is 0 Å². The van der Waals surface area contributed by atoms with Crippen LogP contribution in [0.15, 0.2) is 24.3 Å². The Morgan fingerprint density at radius 2 is 1.87 bits per heavy atom. The first-order valence-corrected chi connectivity index (χ1v) is 7.93. The Kier molecular flexibility index (Phi) is 5.54. The largest absolute Gasteiger partial charge is 0.362 e. The number of amides is 1. The summed E-state index contributed by atoms with van der Waals surface area (Å²) in [5.74, 6) is 0.350. The fourth-order valence-corrected chi connectivity index (χ4v) is 2.90. The summed E-state index contributed by atoms with van der Waals surface area (Å²) < 4.78 is 0. The molecule has 1 aliphatic heterocycles. The molecule has 1 heterocycles. The third-order valence-corrected chi connectivity index (χ3v) is 4.05. The van der Waals surface area contributed by atoms with Crippen LogP contribution in [-0.2, 0) is 4.79 Å². The minimum Gasteiger partial charge on any atom is -0.362 e. The second-order valence-electron chi connectivity index (χ2n) is 6.29. The number of piperazine rings is 1. The van der Waals surface area contributed by atoms with Crippen LogP contribution in [0.3, 0.4) is 0 Å². The minimum atomic E-state index is -0.465. The maximum Gasteiger partial charge on any atom is 0.292 e. The summed E-state index contributed by atoms with van der Waals surface area (Å²) in [6.07, 6.45) is 0.670. The fourth-order valence-electron chi connectivity index (χ4n) is 2.90. The van der Waals surface area contributed by atoms with Crippen molar-refractivity contribution in [1.82, 2.24) is 4.90 Å². The van der Waals surface area contributed by atoms with Gasteiger partial charge in [0.05, 0.1) is 11.0 Å². The molecule has 1 aromatic carbocycles. The Labute approximate surface area is 136 Å². The van der Waals surface area contributed by atoms with Crippen LogP contribution in [-0.4, -0.2) is 48.0 Å². The van der Waals surface area contributed by atoms with E-state index in [1.807, 2.05) is 18.7 Å². The van der Waals surface area contributed by atoms with Gasteiger partial charge in [0.25, 0.3) is 5.69 Å². The minimum absolute atomic E-state index is 0.0269. The molecule has 23 heavy (non-hydrogen) atoms. The number of carbonyl (C=O) groups excluding carboxylic acids is 1. The number of carbonyl (C=O) groups is 1. The summed E-state index contributed by atoms with van der Waals surface area (Å²) in [5, 5.41) is 11.1. The zero-order chi connectivity index (χ0) is 17.0. The van der Waals surface area contributed by atoms with Crippen LogP contribution in [0.5, 0.6) is 0 Å². The van der Waals surface area contributed by atoms with Crippen LogP contribution in [0, 0.1) is 16.0 Å². The first-order chi connectivity index (χ1) is 10.9. The standard InChI is InChI=1S/C16H24N4O3/c1-12(2)11-13(17)16(21)19-9-7-18(8-10-19)14-5-3-4-6-15(14)20(22)23/h3-6,12-13H,7-11,17H2,1-2H3/t13-/m0/s1. The summed E-state index contributed by atoms with van der Waals surface area (Å²) in [6, 6.07) is 6.24. The molecule has 0 unspecified atom stereocenters. The lowest BCUT2D eigenvalue weighted by Crippen LogP contribution is -2.53. The maximum absolute atomic E-state index is 12.3. The zero-order valence-electron chi connectivity index (χ0n) is 13.6. The maximum atomic E-state index is 12.3. The first-order valence-electron chi connectivity index (χ1n) is 7.93. The predicted octanol–water partition coefficient (Wildman–Crippen LogP) is 1.62. The van der Waals surface area contributed by atoms with Crippen LogP contribution < -0.4 is 10.6 Å². The fraction of sp³-hybridized carbons (Fsp3) is 0.562. The summed E-state index contributed by atoms with van der Waals surface area (Å²) in [7, 11) is 0. The van der Waals surface area contributed by atoms with Crippen LogP contribution >= 0.6 is 0 Å². The van der Waals surface area contributed by atoms with Crippen molar-refractivity contribution in [3.8, 4) is 0 Å². The molecule has 7 heteroatoms. The van der Waals surface area contributed by atoms with Crippen molar-refractivity contribution in [3.63, 3.8) is 0 Å². The summed E-state index contributed by atoms with van der Waals surface area (Å²) >= 11 is 0. The highest BCUT2D eigenvalue weighted by Crippen LogP contribution is 2.28. The van der Waals surface area contributed by atoms with E-state index in [1.54, 1.807) is 23.1 Å². The van der Waals surface area contributed by atoms with E-state index in [2.05, 4.69) is 0 Å². The third-order valence-electron chi connectivity index (χ3n) is 4.05. The van der Waals surface area contributed by atoms with Crippen molar-refractivity contribution < 1.29 is 9.72 Å². The smallest absolute Gasteiger partial charge is 0.292 e. The normalized spacial score (nSPS) is 16.5. The van der Waals surface area contributed by atoms with Gasteiger partial charge in [-0.05, 0) is 18.4 Å². The molecular formula is C16H24N4O3. The van der Waals surface area contributed by atoms with E-state index in [1.165, 1.54) is 6.07 Å². The highest BCUT2D eigenvalue weighted by Gasteiger charge is 2.28. The number of rotatable bonds is 5. The van der Waals surface area contributed by atoms with E-state index in [9.17, 15) is 14.9 Å². The van der Waals surface area contributed by atoms with Gasteiger partial charge in [-0.1, -0.05) is 26.0 Å². The quantitative estimate of drug-likeness (QED) is 0.657. The Balaban J connectivity index is 1.99. The van der Waals surface area contributed by atoms with E-state index in [0.717, 1.165) is 0 Å². The average Bonchev–Trinajstić information content (AvgIpc) is 2.53. The molecule has 7 nitrogen and oxygen atoms in total. The molecule has 0 radical (unpaired) electrons. The molecule has 2 rings (SSSR count). The van der Waals surface area contributed by atoms with Gasteiger partial charge in [0.15, 0.2) is 0 Å². The summed E-state index contributed by atoms with van der Waals surface area (Å²) in [5.41, 5.74) is 6.67. The Morgan fingerprint density at radius 1 is 1.26 bits per heavy atom. The highest BCUT2D eigenvalue weighted by molar-refractivity contribution is 5.82. The predicted molar refractivity (Wildman–Crippen MR) is 89.3 cm³/mol. The van der Waals surface area contributed by atoms with Crippen molar-refractivity contribution >= 4 is 17.3 Å². The lowest BCUT2D eigenvalue weighted by Gasteiger charge is -2.37. The van der Waals surface area contributed by atoms with Gasteiger partial charge in [-0.25, -0.2) is 0 Å². The van der Waals surface area contributed by atoms with Gasteiger partial charge < -0.3 is 15.5 Å². The molecule has 0 bridgehead atoms. The Hall–Kier alpha value is -2.15. The summed E-state index contributed by atoms with van der Waals surface area (Å²) in [4.78, 5) is 26.8. The van der Waals surface area contributed by atoms with Crippen LogP contribution in [0.4, 0.5) is 11.4 Å². The number of anilines is 1. The van der Waals surface area contributed by atoms with Gasteiger partial charge in [0, 0.05) is 32.2 Å². The van der Waals surface area contributed by atoms with E-state index in [0.29, 0.717) is 44.2 Å². The molecule has 1 aliphatic rings. The molecule has 0 saturated carbocycles. The van der Waals surface area contributed by atoms with Gasteiger partial charge in [0.1, 0.15) is 5.69 Å². The van der Waals surface area contributed by atoms with Crippen LogP contribution in [0.2, 0.25) is 0 Å². The number of nitro groups is 1. The lowest BCUT2D eigenvalue weighted by molar-refractivity contribution is -0.384. The van der Waals surface area contributed by atoms with Crippen molar-refractivity contribution in [3.05, 3.63) is 34.4 Å². The van der Waals surface area contributed by atoms with Gasteiger partial charge in [0.2, 0.25) is 5.91 Å². The third kappa shape index (κ3) is 4.19. The average molecular weight is 320 g/mol. The number of hydrogen-bond donors (Lipinski definition) is 1. The van der Waals surface area contributed by atoms with E-state index in [-0.39, 0.29) is 16.5 Å². The van der Waals surface area contributed by atoms with Crippen LogP contribution in [0.1, 0.15) is 20.3 Å². The number of para-hydroxylation sites is 2. The van der Waals surface area contributed by atoms with E-state index in [4.69, 9.17) is 5.73 Å². The van der Waals surface area contributed by atoms with Crippen molar-refractivity contribution in [2.24, 2.45) is 11.7 Å². The zero-order valence-corrected chi connectivity index (χ0v) is 13.6. The molecule has 1 saturated heterocycles. The van der Waals surface area contributed by atoms with Gasteiger partial charge in [-0.15, -0.1) is 0 Å². The van der Waals surface area contributed by atoms with E-state index < -0.39 is 6.04 Å². The van der Waals surface area contributed by atoms with Crippen molar-refractivity contribution in [2.75, 3.05) is 31.1 Å². The Bertz CT molecular complexity index is 568. The second kappa shape index (κ2) is 7.41.